The van der Waals surface area contributed by atoms with Gasteiger partial charge in [-0.3, -0.25) is 0 Å². The highest BCUT2D eigenvalue weighted by Gasteiger charge is 2.31. The fraction of sp³-hybridized carbons (Fsp3) is 0.111. The predicted molar refractivity (Wildman–Crippen MR) is 88.1 cm³/mol. The van der Waals surface area contributed by atoms with E-state index in [0.29, 0.717) is 5.69 Å². The molecule has 0 aliphatic rings. The summed E-state index contributed by atoms with van der Waals surface area (Å²) in [6, 6.07) is 14.3. The lowest BCUT2D eigenvalue weighted by Crippen LogP contribution is -2.10. The first-order valence-electron chi connectivity index (χ1n) is 7.39. The van der Waals surface area contributed by atoms with Gasteiger partial charge in [0.2, 0.25) is 0 Å². The van der Waals surface area contributed by atoms with E-state index in [2.05, 4.69) is 0 Å². The molecule has 0 amide bonds. The standard InChI is InChI=1S/C18H14F3NO2S/c19-18(20,21)15-7-5-6-14(12-15)13-25(23,24)17-9-2-1-8-16(17)22-10-3-4-11-22/h1-12H,13H2. The largest absolute Gasteiger partial charge is 0.416 e. The number of rotatable bonds is 4. The lowest BCUT2D eigenvalue weighted by molar-refractivity contribution is -0.137. The average Bonchev–Trinajstić information content (AvgIpc) is 3.08. The first-order chi connectivity index (χ1) is 11.8. The molecule has 7 heteroatoms. The van der Waals surface area contributed by atoms with Gasteiger partial charge in [0.05, 0.1) is 21.9 Å². The second kappa shape index (κ2) is 6.40. The Morgan fingerprint density at radius 3 is 2.24 bits per heavy atom. The summed E-state index contributed by atoms with van der Waals surface area (Å²) < 4.78 is 65.7. The molecule has 0 saturated heterocycles. The van der Waals surface area contributed by atoms with E-state index in [1.807, 2.05) is 0 Å². The molecule has 130 valence electrons. The molecular weight excluding hydrogens is 351 g/mol. The Hall–Kier alpha value is -2.54. The Bertz CT molecular complexity index is 978. The van der Waals surface area contributed by atoms with Crippen LogP contribution in [0.15, 0.2) is 78.0 Å². The van der Waals surface area contributed by atoms with E-state index in [1.54, 1.807) is 47.3 Å². The molecule has 3 nitrogen and oxygen atoms in total. The maximum atomic E-state index is 12.8. The van der Waals surface area contributed by atoms with Crippen molar-refractivity contribution >= 4 is 9.84 Å². The van der Waals surface area contributed by atoms with Gasteiger partial charge in [0.15, 0.2) is 9.84 Å². The number of alkyl halides is 3. The molecular formula is C18H14F3NO2S. The molecule has 0 N–H and O–H groups in total. The molecule has 1 heterocycles. The lowest BCUT2D eigenvalue weighted by atomic mass is 10.1. The Labute approximate surface area is 143 Å². The van der Waals surface area contributed by atoms with Gasteiger partial charge in [-0.2, -0.15) is 13.2 Å². The number of halogens is 3. The van der Waals surface area contributed by atoms with Gasteiger partial charge in [0.25, 0.3) is 0 Å². The maximum Gasteiger partial charge on any atom is 0.416 e. The van der Waals surface area contributed by atoms with E-state index in [9.17, 15) is 21.6 Å². The Morgan fingerprint density at radius 2 is 1.56 bits per heavy atom. The zero-order valence-electron chi connectivity index (χ0n) is 12.9. The Kier molecular flexibility index (Phi) is 4.43. The third-order valence-corrected chi connectivity index (χ3v) is 5.42. The van der Waals surface area contributed by atoms with Crippen LogP contribution in [0.3, 0.4) is 0 Å². The molecule has 25 heavy (non-hydrogen) atoms. The summed E-state index contributed by atoms with van der Waals surface area (Å²) in [6.07, 6.45) is -1.10. The van der Waals surface area contributed by atoms with E-state index >= 15 is 0 Å². The molecule has 0 fully saturated rings. The van der Waals surface area contributed by atoms with Crippen LogP contribution < -0.4 is 0 Å². The van der Waals surface area contributed by atoms with E-state index in [-0.39, 0.29) is 10.5 Å². The minimum Gasteiger partial charge on any atom is -0.323 e. The normalized spacial score (nSPS) is 12.3. The summed E-state index contributed by atoms with van der Waals surface area (Å²) in [6.45, 7) is 0. The summed E-state index contributed by atoms with van der Waals surface area (Å²) in [7, 11) is -3.82. The van der Waals surface area contributed by atoms with Gasteiger partial charge < -0.3 is 4.57 Å². The maximum absolute atomic E-state index is 12.8. The number of aromatic nitrogens is 1. The van der Waals surface area contributed by atoms with Crippen molar-refractivity contribution in [1.82, 2.24) is 4.57 Å². The second-order valence-electron chi connectivity index (χ2n) is 5.52. The molecule has 0 spiro atoms. The summed E-state index contributed by atoms with van der Waals surface area (Å²) >= 11 is 0. The summed E-state index contributed by atoms with van der Waals surface area (Å²) in [5.74, 6) is -0.505. The van der Waals surface area contributed by atoms with Crippen LogP contribution in [0.25, 0.3) is 5.69 Å². The van der Waals surface area contributed by atoms with Crippen LogP contribution in [0.4, 0.5) is 13.2 Å². The van der Waals surface area contributed by atoms with Crippen molar-refractivity contribution in [3.63, 3.8) is 0 Å². The summed E-state index contributed by atoms with van der Waals surface area (Å²) in [4.78, 5) is 0.0728. The van der Waals surface area contributed by atoms with Crippen LogP contribution >= 0.6 is 0 Å². The van der Waals surface area contributed by atoms with Crippen molar-refractivity contribution in [2.24, 2.45) is 0 Å². The molecule has 0 saturated carbocycles. The monoisotopic (exact) mass is 365 g/mol. The summed E-state index contributed by atoms with van der Waals surface area (Å²) in [5.41, 5.74) is -0.310. The first kappa shape index (κ1) is 17.3. The molecule has 3 aromatic rings. The van der Waals surface area contributed by atoms with Crippen molar-refractivity contribution in [1.29, 1.82) is 0 Å². The van der Waals surface area contributed by atoms with E-state index in [1.165, 1.54) is 18.2 Å². The van der Waals surface area contributed by atoms with Crippen molar-refractivity contribution in [3.8, 4) is 5.69 Å². The summed E-state index contributed by atoms with van der Waals surface area (Å²) in [5, 5.41) is 0. The molecule has 0 radical (unpaired) electrons. The van der Waals surface area contributed by atoms with Gasteiger partial charge in [-0.25, -0.2) is 8.42 Å². The predicted octanol–water partition coefficient (Wildman–Crippen LogP) is 4.47. The van der Waals surface area contributed by atoms with Crippen LogP contribution in [-0.4, -0.2) is 13.0 Å². The van der Waals surface area contributed by atoms with Crippen LogP contribution in [0.5, 0.6) is 0 Å². The molecule has 0 bridgehead atoms. The van der Waals surface area contributed by atoms with Crippen LogP contribution in [-0.2, 0) is 21.8 Å². The third kappa shape index (κ3) is 3.76. The number of hydrogen-bond acceptors (Lipinski definition) is 2. The molecule has 0 aliphatic carbocycles. The number of para-hydroxylation sites is 1. The highest BCUT2D eigenvalue weighted by Crippen LogP contribution is 2.31. The molecule has 0 atom stereocenters. The fourth-order valence-electron chi connectivity index (χ4n) is 2.56. The van der Waals surface area contributed by atoms with Crippen LogP contribution in [0.2, 0.25) is 0 Å². The van der Waals surface area contributed by atoms with E-state index in [4.69, 9.17) is 0 Å². The lowest BCUT2D eigenvalue weighted by Gasteiger charge is -2.12. The SMILES string of the molecule is O=S(=O)(Cc1cccc(C(F)(F)F)c1)c1ccccc1-n1cccc1. The van der Waals surface area contributed by atoms with Gasteiger partial charge in [-0.05, 0) is 35.9 Å². The van der Waals surface area contributed by atoms with E-state index < -0.39 is 27.3 Å². The van der Waals surface area contributed by atoms with Gasteiger partial charge in [0, 0.05) is 12.4 Å². The van der Waals surface area contributed by atoms with Crippen molar-refractivity contribution in [2.45, 2.75) is 16.8 Å². The van der Waals surface area contributed by atoms with Crippen molar-refractivity contribution in [3.05, 3.63) is 84.2 Å². The molecule has 0 unspecified atom stereocenters. The third-order valence-electron chi connectivity index (χ3n) is 3.69. The number of sulfone groups is 1. The van der Waals surface area contributed by atoms with Crippen LogP contribution in [0, 0.1) is 0 Å². The first-order valence-corrected chi connectivity index (χ1v) is 9.04. The average molecular weight is 365 g/mol. The second-order valence-corrected chi connectivity index (χ2v) is 7.47. The molecule has 0 aliphatic heterocycles. The highest BCUT2D eigenvalue weighted by atomic mass is 32.2. The minimum atomic E-state index is -4.51. The van der Waals surface area contributed by atoms with Crippen LogP contribution in [0.1, 0.15) is 11.1 Å². The van der Waals surface area contributed by atoms with Gasteiger partial charge in [-0.15, -0.1) is 0 Å². The Morgan fingerprint density at radius 1 is 0.880 bits per heavy atom. The van der Waals surface area contributed by atoms with Gasteiger partial charge in [-0.1, -0.05) is 30.3 Å². The van der Waals surface area contributed by atoms with Gasteiger partial charge in [0.1, 0.15) is 0 Å². The zero-order chi connectivity index (χ0) is 18.1. The number of hydrogen-bond donors (Lipinski definition) is 0. The van der Waals surface area contributed by atoms with E-state index in [0.717, 1.165) is 12.1 Å². The minimum absolute atomic E-state index is 0.0728. The topological polar surface area (TPSA) is 39.1 Å². The fourth-order valence-corrected chi connectivity index (χ4v) is 4.12. The van der Waals surface area contributed by atoms with Gasteiger partial charge >= 0.3 is 6.18 Å². The smallest absolute Gasteiger partial charge is 0.323 e. The zero-order valence-corrected chi connectivity index (χ0v) is 13.8. The number of benzene rings is 2. The van der Waals surface area contributed by atoms with Crippen molar-refractivity contribution < 1.29 is 21.6 Å². The molecule has 1 aromatic heterocycles. The Balaban J connectivity index is 1.99. The molecule has 3 rings (SSSR count). The number of nitrogens with zero attached hydrogens (tertiary/aromatic N) is 1. The highest BCUT2D eigenvalue weighted by molar-refractivity contribution is 7.90. The molecule has 2 aromatic carbocycles. The quantitative estimate of drug-likeness (QED) is 0.684. The van der Waals surface area contributed by atoms with Crippen molar-refractivity contribution in [2.75, 3.05) is 0 Å².